The van der Waals surface area contributed by atoms with E-state index >= 15 is 0 Å². The molecule has 0 heterocycles. The van der Waals surface area contributed by atoms with Crippen LogP contribution in [0.4, 0.5) is 0 Å². The molecule has 0 aromatic rings. The minimum Gasteiger partial charge on any atom is -0.456 e. The van der Waals surface area contributed by atoms with E-state index in [-0.39, 0.29) is 18.2 Å². The summed E-state index contributed by atoms with van der Waals surface area (Å²) in [5.41, 5.74) is 0.447. The van der Waals surface area contributed by atoms with Gasteiger partial charge in [0.05, 0.1) is 0 Å². The van der Waals surface area contributed by atoms with Gasteiger partial charge in [0.15, 0.2) is 6.61 Å². The Labute approximate surface area is 156 Å². The van der Waals surface area contributed by atoms with E-state index < -0.39 is 5.97 Å². The van der Waals surface area contributed by atoms with Crippen molar-refractivity contribution in [3.8, 4) is 0 Å². The molecule has 5 fully saturated rings. The van der Waals surface area contributed by atoms with Crippen molar-refractivity contribution < 1.29 is 19.1 Å². The zero-order valence-electron chi connectivity index (χ0n) is 16.2. The molecule has 4 heteroatoms. The lowest BCUT2D eigenvalue weighted by molar-refractivity contribution is -0.243. The van der Waals surface area contributed by atoms with Crippen molar-refractivity contribution in [2.24, 2.45) is 29.1 Å². The Morgan fingerprint density at radius 2 is 1.65 bits per heavy atom. The summed E-state index contributed by atoms with van der Waals surface area (Å²) in [5, 5.41) is 0. The Morgan fingerprint density at radius 1 is 1.04 bits per heavy atom. The minimum absolute atomic E-state index is 0.291. The second-order valence-corrected chi connectivity index (χ2v) is 9.82. The van der Waals surface area contributed by atoms with Crippen LogP contribution in [0, 0.1) is 29.1 Å². The summed E-state index contributed by atoms with van der Waals surface area (Å²) in [6.45, 7) is 7.30. The van der Waals surface area contributed by atoms with E-state index in [0.717, 1.165) is 5.92 Å². The van der Waals surface area contributed by atoms with Gasteiger partial charge >= 0.3 is 11.9 Å². The fourth-order valence-corrected chi connectivity index (χ4v) is 7.16. The van der Waals surface area contributed by atoms with Crippen molar-refractivity contribution in [3.63, 3.8) is 0 Å². The van der Waals surface area contributed by atoms with Crippen LogP contribution in [0.15, 0.2) is 12.2 Å². The van der Waals surface area contributed by atoms with Crippen molar-refractivity contribution in [2.75, 3.05) is 6.61 Å². The fraction of sp³-hybridized carbons (Fsp3) is 0.818. The van der Waals surface area contributed by atoms with Gasteiger partial charge in [-0.15, -0.1) is 0 Å². The first-order chi connectivity index (χ1) is 12.3. The molecule has 2 unspecified atom stereocenters. The molecule has 26 heavy (non-hydrogen) atoms. The SMILES string of the molecule is C=C(C)C(=O)OCC(=O)OC1(C2CCCC2)C2CC3CC1CC(C)(C3)C2. The maximum Gasteiger partial charge on any atom is 0.344 e. The van der Waals surface area contributed by atoms with E-state index in [9.17, 15) is 9.59 Å². The molecule has 0 N–H and O–H groups in total. The molecule has 0 amide bonds. The molecular weight excluding hydrogens is 328 g/mol. The summed E-state index contributed by atoms with van der Waals surface area (Å²) < 4.78 is 11.4. The van der Waals surface area contributed by atoms with Crippen molar-refractivity contribution >= 4 is 11.9 Å². The standard InChI is InChI=1S/C22H32O4/c1-14(2)20(24)25-13-19(23)26-22(16-6-4-5-7-16)17-8-15-9-18(22)12-21(3,10-15)11-17/h15-18H,1,4-13H2,2-3H3. The molecule has 2 atom stereocenters. The summed E-state index contributed by atoms with van der Waals surface area (Å²) in [6, 6.07) is 0. The number of carbonyl (C=O) groups excluding carboxylic acids is 2. The van der Waals surface area contributed by atoms with E-state index in [0.29, 0.717) is 28.7 Å². The molecule has 0 aromatic heterocycles. The third-order valence-electron chi connectivity index (χ3n) is 7.73. The second kappa shape index (κ2) is 6.38. The van der Waals surface area contributed by atoms with Crippen molar-refractivity contribution in [2.45, 2.75) is 77.2 Å². The topological polar surface area (TPSA) is 52.6 Å². The van der Waals surface area contributed by atoms with Gasteiger partial charge in [0.25, 0.3) is 0 Å². The highest BCUT2D eigenvalue weighted by molar-refractivity contribution is 5.88. The summed E-state index contributed by atoms with van der Waals surface area (Å²) >= 11 is 0. The van der Waals surface area contributed by atoms with Gasteiger partial charge in [-0.2, -0.15) is 0 Å². The first-order valence-electron chi connectivity index (χ1n) is 10.4. The maximum atomic E-state index is 12.7. The van der Waals surface area contributed by atoms with Gasteiger partial charge in [-0.25, -0.2) is 9.59 Å². The van der Waals surface area contributed by atoms with E-state index in [1.165, 1.54) is 57.8 Å². The van der Waals surface area contributed by atoms with E-state index in [2.05, 4.69) is 13.5 Å². The highest BCUT2D eigenvalue weighted by Gasteiger charge is 2.65. The smallest absolute Gasteiger partial charge is 0.344 e. The van der Waals surface area contributed by atoms with Crippen molar-refractivity contribution in [3.05, 3.63) is 12.2 Å². The highest BCUT2D eigenvalue weighted by atomic mass is 16.6. The van der Waals surface area contributed by atoms with Gasteiger partial charge in [0, 0.05) is 17.4 Å². The average Bonchev–Trinajstić information content (AvgIpc) is 3.09. The number of hydrogen-bond acceptors (Lipinski definition) is 4. The van der Waals surface area contributed by atoms with E-state index in [1.807, 2.05) is 0 Å². The van der Waals surface area contributed by atoms with Gasteiger partial charge < -0.3 is 9.47 Å². The molecule has 5 saturated carbocycles. The van der Waals surface area contributed by atoms with E-state index in [1.54, 1.807) is 6.92 Å². The van der Waals surface area contributed by atoms with Gasteiger partial charge in [0.1, 0.15) is 5.60 Å². The Morgan fingerprint density at radius 3 is 2.19 bits per heavy atom. The maximum absolute atomic E-state index is 12.7. The zero-order valence-corrected chi connectivity index (χ0v) is 16.2. The predicted molar refractivity (Wildman–Crippen MR) is 98.2 cm³/mol. The third-order valence-corrected chi connectivity index (χ3v) is 7.73. The first-order valence-corrected chi connectivity index (χ1v) is 10.4. The van der Waals surface area contributed by atoms with Crippen LogP contribution in [-0.4, -0.2) is 24.1 Å². The Kier molecular flexibility index (Phi) is 4.44. The summed E-state index contributed by atoms with van der Waals surface area (Å²) in [4.78, 5) is 24.3. The van der Waals surface area contributed by atoms with Crippen LogP contribution in [-0.2, 0) is 19.1 Å². The summed E-state index contributed by atoms with van der Waals surface area (Å²) in [5.74, 6) is 1.39. The van der Waals surface area contributed by atoms with Gasteiger partial charge in [-0.05, 0) is 69.1 Å². The third kappa shape index (κ3) is 2.90. The molecule has 4 nitrogen and oxygen atoms in total. The van der Waals surface area contributed by atoms with Gasteiger partial charge in [0.2, 0.25) is 0 Å². The molecule has 144 valence electrons. The largest absolute Gasteiger partial charge is 0.456 e. The van der Waals surface area contributed by atoms with Crippen LogP contribution < -0.4 is 0 Å². The molecule has 5 aliphatic rings. The lowest BCUT2D eigenvalue weighted by Crippen LogP contribution is -2.65. The summed E-state index contributed by atoms with van der Waals surface area (Å²) in [6.07, 6.45) is 11.0. The molecule has 0 radical (unpaired) electrons. The van der Waals surface area contributed by atoms with Crippen molar-refractivity contribution in [1.29, 1.82) is 0 Å². The first kappa shape index (κ1) is 18.1. The van der Waals surface area contributed by atoms with Crippen molar-refractivity contribution in [1.82, 2.24) is 0 Å². The van der Waals surface area contributed by atoms with Crippen LogP contribution in [0.25, 0.3) is 0 Å². The van der Waals surface area contributed by atoms with Gasteiger partial charge in [-0.3, -0.25) is 0 Å². The lowest BCUT2D eigenvalue weighted by atomic mass is 9.43. The number of ether oxygens (including phenoxy) is 2. The lowest BCUT2D eigenvalue weighted by Gasteiger charge is -2.65. The number of rotatable bonds is 5. The molecule has 0 saturated heterocycles. The second-order valence-electron chi connectivity index (χ2n) is 9.82. The normalized spacial score (nSPS) is 41.2. The highest BCUT2D eigenvalue weighted by Crippen LogP contribution is 2.67. The Bertz CT molecular complexity index is 600. The number of hydrogen-bond donors (Lipinski definition) is 0. The molecular formula is C22H32O4. The van der Waals surface area contributed by atoms with Crippen LogP contribution >= 0.6 is 0 Å². The molecule has 4 bridgehead atoms. The van der Waals surface area contributed by atoms with E-state index in [4.69, 9.17) is 9.47 Å². The van der Waals surface area contributed by atoms with Crippen LogP contribution in [0.3, 0.4) is 0 Å². The number of esters is 2. The van der Waals surface area contributed by atoms with Gasteiger partial charge in [-0.1, -0.05) is 26.3 Å². The summed E-state index contributed by atoms with van der Waals surface area (Å²) in [7, 11) is 0. The molecule has 0 spiro atoms. The average molecular weight is 360 g/mol. The Hall–Kier alpha value is -1.32. The van der Waals surface area contributed by atoms with Crippen LogP contribution in [0.5, 0.6) is 0 Å². The number of carbonyl (C=O) groups is 2. The Balaban J connectivity index is 1.55. The fourth-order valence-electron chi connectivity index (χ4n) is 7.16. The molecule has 5 rings (SSSR count). The monoisotopic (exact) mass is 360 g/mol. The predicted octanol–water partition coefficient (Wildman–Crippen LogP) is 4.42. The molecule has 5 aliphatic carbocycles. The van der Waals surface area contributed by atoms with Crippen LogP contribution in [0.1, 0.15) is 71.6 Å². The zero-order chi connectivity index (χ0) is 18.5. The van der Waals surface area contributed by atoms with Crippen LogP contribution in [0.2, 0.25) is 0 Å². The minimum atomic E-state index is -0.519. The quantitative estimate of drug-likeness (QED) is 0.538. The molecule has 0 aromatic carbocycles. The molecule has 0 aliphatic heterocycles.